The second-order valence-corrected chi connectivity index (χ2v) is 4.92. The van der Waals surface area contributed by atoms with Crippen molar-refractivity contribution in [3.8, 4) is 5.75 Å². The zero-order chi connectivity index (χ0) is 14.5. The molecule has 110 valence electrons. The van der Waals surface area contributed by atoms with Gasteiger partial charge in [-0.05, 0) is 38.1 Å². The van der Waals surface area contributed by atoms with Crippen molar-refractivity contribution in [2.24, 2.45) is 5.92 Å². The van der Waals surface area contributed by atoms with Crippen LogP contribution >= 0.6 is 0 Å². The Labute approximate surface area is 116 Å². The maximum atomic E-state index is 13.3. The molecule has 1 amide bonds. The van der Waals surface area contributed by atoms with Gasteiger partial charge in [0.05, 0.1) is 0 Å². The molecule has 1 N–H and O–H groups in total. The summed E-state index contributed by atoms with van der Waals surface area (Å²) in [6.07, 6.45) is 0.956. The Hall–Kier alpha value is -1.69. The first kappa shape index (κ1) is 14.7. The SMILES string of the molecule is CNCC1CCN(C(=O)COc2ccc(F)cc2F)C1. The highest BCUT2D eigenvalue weighted by Gasteiger charge is 2.25. The molecule has 1 aliphatic rings. The van der Waals surface area contributed by atoms with Crippen LogP contribution in [0.25, 0.3) is 0 Å². The van der Waals surface area contributed by atoms with E-state index in [0.29, 0.717) is 19.0 Å². The summed E-state index contributed by atoms with van der Waals surface area (Å²) < 4.78 is 31.2. The molecule has 0 aliphatic carbocycles. The van der Waals surface area contributed by atoms with Gasteiger partial charge in [-0.3, -0.25) is 4.79 Å². The van der Waals surface area contributed by atoms with E-state index in [1.165, 1.54) is 6.07 Å². The molecule has 1 aromatic rings. The summed E-state index contributed by atoms with van der Waals surface area (Å²) >= 11 is 0. The van der Waals surface area contributed by atoms with Gasteiger partial charge < -0.3 is 15.0 Å². The van der Waals surface area contributed by atoms with Gasteiger partial charge in [-0.15, -0.1) is 0 Å². The molecule has 1 fully saturated rings. The number of amides is 1. The van der Waals surface area contributed by atoms with E-state index in [4.69, 9.17) is 4.74 Å². The van der Waals surface area contributed by atoms with Crippen molar-refractivity contribution < 1.29 is 18.3 Å². The van der Waals surface area contributed by atoms with Crippen LogP contribution in [0.3, 0.4) is 0 Å². The number of likely N-dealkylation sites (tertiary alicyclic amines) is 1. The minimum absolute atomic E-state index is 0.106. The Balaban J connectivity index is 1.83. The number of hydrogen-bond acceptors (Lipinski definition) is 3. The molecular formula is C14H18F2N2O2. The first-order chi connectivity index (χ1) is 9.60. The first-order valence-electron chi connectivity index (χ1n) is 6.60. The Morgan fingerprint density at radius 3 is 3.00 bits per heavy atom. The predicted molar refractivity (Wildman–Crippen MR) is 70.5 cm³/mol. The van der Waals surface area contributed by atoms with Crippen molar-refractivity contribution in [1.29, 1.82) is 0 Å². The highest BCUT2D eigenvalue weighted by Crippen LogP contribution is 2.19. The van der Waals surface area contributed by atoms with E-state index in [1.54, 1.807) is 4.90 Å². The van der Waals surface area contributed by atoms with Crippen molar-refractivity contribution in [3.63, 3.8) is 0 Å². The molecule has 1 atom stereocenters. The third-order valence-electron chi connectivity index (χ3n) is 3.38. The van der Waals surface area contributed by atoms with Crippen molar-refractivity contribution >= 4 is 5.91 Å². The monoisotopic (exact) mass is 284 g/mol. The second kappa shape index (κ2) is 6.65. The molecule has 20 heavy (non-hydrogen) atoms. The highest BCUT2D eigenvalue weighted by atomic mass is 19.1. The maximum Gasteiger partial charge on any atom is 0.260 e. The van der Waals surface area contributed by atoms with Gasteiger partial charge in [-0.2, -0.15) is 0 Å². The summed E-state index contributed by atoms with van der Waals surface area (Å²) in [5, 5.41) is 3.09. The van der Waals surface area contributed by atoms with Gasteiger partial charge in [0.1, 0.15) is 5.82 Å². The summed E-state index contributed by atoms with van der Waals surface area (Å²) in [5.74, 6) is -1.30. The van der Waals surface area contributed by atoms with Gasteiger partial charge in [0.25, 0.3) is 5.91 Å². The zero-order valence-corrected chi connectivity index (χ0v) is 11.4. The second-order valence-electron chi connectivity index (χ2n) is 4.92. The lowest BCUT2D eigenvalue weighted by Crippen LogP contribution is -2.34. The maximum absolute atomic E-state index is 13.3. The highest BCUT2D eigenvalue weighted by molar-refractivity contribution is 5.78. The van der Waals surface area contributed by atoms with E-state index in [1.807, 2.05) is 7.05 Å². The summed E-state index contributed by atoms with van der Waals surface area (Å²) in [6.45, 7) is 2.03. The average molecular weight is 284 g/mol. The summed E-state index contributed by atoms with van der Waals surface area (Å²) in [6, 6.07) is 3.02. The molecule has 0 radical (unpaired) electrons. The van der Waals surface area contributed by atoms with Crippen LogP contribution in [0, 0.1) is 17.6 Å². The molecule has 1 saturated heterocycles. The van der Waals surface area contributed by atoms with E-state index in [0.717, 1.165) is 25.1 Å². The number of hydrogen-bond donors (Lipinski definition) is 1. The third kappa shape index (κ3) is 3.66. The number of halogens is 2. The fourth-order valence-electron chi connectivity index (χ4n) is 2.34. The Kier molecular flexibility index (Phi) is 4.89. The number of rotatable bonds is 5. The van der Waals surface area contributed by atoms with Crippen molar-refractivity contribution in [1.82, 2.24) is 10.2 Å². The number of carbonyl (C=O) groups is 1. The van der Waals surface area contributed by atoms with Gasteiger partial charge in [0.2, 0.25) is 0 Å². The minimum Gasteiger partial charge on any atom is -0.481 e. The topological polar surface area (TPSA) is 41.6 Å². The lowest BCUT2D eigenvalue weighted by Gasteiger charge is -2.17. The molecule has 1 aliphatic heterocycles. The molecular weight excluding hydrogens is 266 g/mol. The molecule has 0 bridgehead atoms. The molecule has 1 heterocycles. The first-order valence-corrected chi connectivity index (χ1v) is 6.60. The summed E-state index contributed by atoms with van der Waals surface area (Å²) in [7, 11) is 1.88. The lowest BCUT2D eigenvalue weighted by atomic mass is 10.1. The predicted octanol–water partition coefficient (Wildman–Crippen LogP) is 1.41. The largest absolute Gasteiger partial charge is 0.481 e. The smallest absolute Gasteiger partial charge is 0.260 e. The molecule has 1 aromatic carbocycles. The molecule has 1 unspecified atom stereocenters. The van der Waals surface area contributed by atoms with Crippen LogP contribution in [0.5, 0.6) is 5.75 Å². The van der Waals surface area contributed by atoms with E-state index < -0.39 is 11.6 Å². The number of benzene rings is 1. The number of ether oxygens (including phenoxy) is 1. The van der Waals surface area contributed by atoms with Crippen molar-refractivity contribution in [2.75, 3.05) is 33.3 Å². The summed E-state index contributed by atoms with van der Waals surface area (Å²) in [4.78, 5) is 13.6. The fourth-order valence-corrected chi connectivity index (χ4v) is 2.34. The Morgan fingerprint density at radius 1 is 1.50 bits per heavy atom. The third-order valence-corrected chi connectivity index (χ3v) is 3.38. The van der Waals surface area contributed by atoms with Gasteiger partial charge in [-0.25, -0.2) is 8.78 Å². The van der Waals surface area contributed by atoms with Crippen LogP contribution in [-0.2, 0) is 4.79 Å². The van der Waals surface area contributed by atoms with Gasteiger partial charge >= 0.3 is 0 Å². The van der Waals surface area contributed by atoms with Crippen molar-refractivity contribution in [3.05, 3.63) is 29.8 Å². The van der Waals surface area contributed by atoms with Crippen LogP contribution in [-0.4, -0.2) is 44.1 Å². The molecule has 0 saturated carbocycles. The fraction of sp³-hybridized carbons (Fsp3) is 0.500. The van der Waals surface area contributed by atoms with E-state index in [9.17, 15) is 13.6 Å². The number of nitrogens with zero attached hydrogens (tertiary/aromatic N) is 1. The van der Waals surface area contributed by atoms with E-state index >= 15 is 0 Å². The van der Waals surface area contributed by atoms with Crippen LogP contribution in [0.2, 0.25) is 0 Å². The number of nitrogens with one attached hydrogen (secondary N) is 1. The van der Waals surface area contributed by atoms with Crippen molar-refractivity contribution in [2.45, 2.75) is 6.42 Å². The molecule has 0 spiro atoms. The quantitative estimate of drug-likeness (QED) is 0.889. The van der Waals surface area contributed by atoms with Gasteiger partial charge in [0, 0.05) is 19.2 Å². The van der Waals surface area contributed by atoms with Crippen LogP contribution < -0.4 is 10.1 Å². The van der Waals surface area contributed by atoms with E-state index in [2.05, 4.69) is 5.32 Å². The number of carbonyl (C=O) groups excluding carboxylic acids is 1. The normalized spacial score (nSPS) is 18.4. The Morgan fingerprint density at radius 2 is 2.30 bits per heavy atom. The van der Waals surface area contributed by atoms with Crippen LogP contribution in [0.15, 0.2) is 18.2 Å². The summed E-state index contributed by atoms with van der Waals surface area (Å²) in [5.41, 5.74) is 0. The minimum atomic E-state index is -0.799. The molecule has 4 nitrogen and oxygen atoms in total. The van der Waals surface area contributed by atoms with Crippen LogP contribution in [0.1, 0.15) is 6.42 Å². The zero-order valence-electron chi connectivity index (χ0n) is 11.4. The van der Waals surface area contributed by atoms with E-state index in [-0.39, 0.29) is 18.3 Å². The van der Waals surface area contributed by atoms with Crippen LogP contribution in [0.4, 0.5) is 8.78 Å². The van der Waals surface area contributed by atoms with Gasteiger partial charge in [0.15, 0.2) is 18.2 Å². The molecule has 6 heteroatoms. The Bertz CT molecular complexity index is 482. The standard InChI is InChI=1S/C14H18F2N2O2/c1-17-7-10-4-5-18(8-10)14(19)9-20-13-3-2-11(15)6-12(13)16/h2-3,6,10,17H,4-5,7-9H2,1H3. The van der Waals surface area contributed by atoms with Gasteiger partial charge in [-0.1, -0.05) is 0 Å². The molecule has 0 aromatic heterocycles. The lowest BCUT2D eigenvalue weighted by molar-refractivity contribution is -0.132. The average Bonchev–Trinajstić information content (AvgIpc) is 2.86. The molecule has 2 rings (SSSR count).